The van der Waals surface area contributed by atoms with Crippen molar-refractivity contribution in [1.82, 2.24) is 10.2 Å². The fraction of sp³-hybridized carbons (Fsp3) is 0.538. The average molecular weight is 276 g/mol. The minimum atomic E-state index is -4.14. The molecule has 0 aliphatic rings. The quantitative estimate of drug-likeness (QED) is 0.773. The van der Waals surface area contributed by atoms with Crippen molar-refractivity contribution in [3.05, 3.63) is 29.8 Å². The smallest absolute Gasteiger partial charge is 0.401 e. The Morgan fingerprint density at radius 2 is 1.84 bits per heavy atom. The first-order valence-corrected chi connectivity index (χ1v) is 5.99. The monoisotopic (exact) mass is 276 g/mol. The summed E-state index contributed by atoms with van der Waals surface area (Å²) in [5, 5.41) is 2.37. The number of hydrogen-bond acceptors (Lipinski definition) is 3. The molecule has 0 unspecified atom stereocenters. The zero-order chi connectivity index (χ0) is 14.3. The predicted molar refractivity (Wildman–Crippen MR) is 68.3 cm³/mol. The topological polar surface area (TPSA) is 24.5 Å². The van der Waals surface area contributed by atoms with Crippen LogP contribution in [0.15, 0.2) is 24.3 Å². The maximum Gasteiger partial charge on any atom is 0.401 e. The van der Waals surface area contributed by atoms with Gasteiger partial charge in [-0.05, 0) is 24.7 Å². The van der Waals surface area contributed by atoms with Crippen LogP contribution in [0.3, 0.4) is 0 Å². The first-order chi connectivity index (χ1) is 8.90. The van der Waals surface area contributed by atoms with E-state index in [1.54, 1.807) is 7.11 Å². The van der Waals surface area contributed by atoms with Crippen molar-refractivity contribution in [2.24, 2.45) is 0 Å². The highest BCUT2D eigenvalue weighted by Gasteiger charge is 2.25. The average Bonchev–Trinajstić information content (AvgIpc) is 2.34. The highest BCUT2D eigenvalue weighted by molar-refractivity contribution is 5.26. The van der Waals surface area contributed by atoms with Gasteiger partial charge in [0.15, 0.2) is 0 Å². The molecule has 1 aromatic rings. The summed E-state index contributed by atoms with van der Waals surface area (Å²) < 4.78 is 40.8. The lowest BCUT2D eigenvalue weighted by molar-refractivity contribution is -0.124. The molecule has 0 atom stereocenters. The molecule has 0 saturated heterocycles. The SMILES string of the molecule is COc1ccc(CN(C)CCNCC(F)(F)F)cc1. The normalized spacial score (nSPS) is 11.9. The molecule has 0 aliphatic heterocycles. The Morgan fingerprint density at radius 1 is 1.21 bits per heavy atom. The Bertz CT molecular complexity index is 365. The van der Waals surface area contributed by atoms with Gasteiger partial charge in [0.2, 0.25) is 0 Å². The molecule has 19 heavy (non-hydrogen) atoms. The second kappa shape index (κ2) is 7.35. The van der Waals surface area contributed by atoms with Crippen molar-refractivity contribution in [3.8, 4) is 5.75 Å². The maximum absolute atomic E-state index is 11.9. The van der Waals surface area contributed by atoms with Crippen LogP contribution in [0.25, 0.3) is 0 Å². The van der Waals surface area contributed by atoms with Crippen molar-refractivity contribution in [3.63, 3.8) is 0 Å². The summed E-state index contributed by atoms with van der Waals surface area (Å²) in [5.74, 6) is 0.790. The van der Waals surface area contributed by atoms with Crippen LogP contribution in [0.2, 0.25) is 0 Å². The Morgan fingerprint density at radius 3 is 2.37 bits per heavy atom. The van der Waals surface area contributed by atoms with E-state index < -0.39 is 12.7 Å². The molecular weight excluding hydrogens is 257 g/mol. The summed E-state index contributed by atoms with van der Waals surface area (Å²) in [7, 11) is 3.48. The summed E-state index contributed by atoms with van der Waals surface area (Å²) in [6, 6.07) is 7.62. The fourth-order valence-corrected chi connectivity index (χ4v) is 1.62. The summed E-state index contributed by atoms with van der Waals surface area (Å²) in [4.78, 5) is 1.96. The summed E-state index contributed by atoms with van der Waals surface area (Å²) in [6.07, 6.45) is -4.14. The molecule has 0 radical (unpaired) electrons. The molecule has 108 valence electrons. The van der Waals surface area contributed by atoms with Crippen molar-refractivity contribution >= 4 is 0 Å². The van der Waals surface area contributed by atoms with Crippen LogP contribution in [0, 0.1) is 0 Å². The van der Waals surface area contributed by atoms with Gasteiger partial charge in [0.25, 0.3) is 0 Å². The number of nitrogens with one attached hydrogen (secondary N) is 1. The molecule has 0 aromatic heterocycles. The molecule has 0 aliphatic carbocycles. The van der Waals surface area contributed by atoms with Crippen LogP contribution in [0.4, 0.5) is 13.2 Å². The molecular formula is C13H19F3N2O. The second-order valence-electron chi connectivity index (χ2n) is 4.38. The largest absolute Gasteiger partial charge is 0.497 e. The summed E-state index contributed by atoms with van der Waals surface area (Å²) in [6.45, 7) is 0.620. The maximum atomic E-state index is 11.9. The van der Waals surface area contributed by atoms with E-state index in [0.29, 0.717) is 19.6 Å². The van der Waals surface area contributed by atoms with E-state index in [1.165, 1.54) is 0 Å². The highest BCUT2D eigenvalue weighted by atomic mass is 19.4. The lowest BCUT2D eigenvalue weighted by atomic mass is 10.2. The van der Waals surface area contributed by atoms with Gasteiger partial charge in [-0.2, -0.15) is 13.2 Å². The second-order valence-corrected chi connectivity index (χ2v) is 4.38. The number of likely N-dealkylation sites (N-methyl/N-ethyl adjacent to an activating group) is 1. The number of methoxy groups -OCH3 is 1. The fourth-order valence-electron chi connectivity index (χ4n) is 1.62. The Balaban J connectivity index is 2.24. The zero-order valence-electron chi connectivity index (χ0n) is 11.1. The Labute approximate surface area is 111 Å². The van der Waals surface area contributed by atoms with Crippen molar-refractivity contribution in [2.75, 3.05) is 33.8 Å². The lowest BCUT2D eigenvalue weighted by Crippen LogP contribution is -2.34. The highest BCUT2D eigenvalue weighted by Crippen LogP contribution is 2.13. The molecule has 0 amide bonds. The third-order valence-corrected chi connectivity index (χ3v) is 2.61. The first kappa shape index (κ1) is 15.8. The minimum Gasteiger partial charge on any atom is -0.497 e. The van der Waals surface area contributed by atoms with Crippen LogP contribution in [0.5, 0.6) is 5.75 Å². The van der Waals surface area contributed by atoms with Crippen molar-refractivity contribution < 1.29 is 17.9 Å². The van der Waals surface area contributed by atoms with E-state index >= 15 is 0 Å². The first-order valence-electron chi connectivity index (χ1n) is 5.99. The van der Waals surface area contributed by atoms with E-state index in [0.717, 1.165) is 11.3 Å². The van der Waals surface area contributed by atoms with Gasteiger partial charge in [0, 0.05) is 19.6 Å². The molecule has 6 heteroatoms. The van der Waals surface area contributed by atoms with Crippen LogP contribution in [0.1, 0.15) is 5.56 Å². The predicted octanol–water partition coefficient (Wildman–Crippen LogP) is 2.28. The number of rotatable bonds is 7. The molecule has 0 saturated carbocycles. The minimum absolute atomic E-state index is 0.312. The summed E-state index contributed by atoms with van der Waals surface area (Å²) >= 11 is 0. The standard InChI is InChI=1S/C13H19F3N2O/c1-18(8-7-17-10-13(14,15)16)9-11-3-5-12(19-2)6-4-11/h3-6,17H,7-10H2,1-2H3. The van der Waals surface area contributed by atoms with Gasteiger partial charge in [-0.3, -0.25) is 0 Å². The zero-order valence-corrected chi connectivity index (χ0v) is 11.1. The number of ether oxygens (including phenoxy) is 1. The van der Waals surface area contributed by atoms with Gasteiger partial charge in [-0.25, -0.2) is 0 Å². The van der Waals surface area contributed by atoms with Gasteiger partial charge >= 0.3 is 6.18 Å². The third kappa shape index (κ3) is 7.03. The number of halogens is 3. The number of hydrogen-bond donors (Lipinski definition) is 1. The number of nitrogens with zero attached hydrogens (tertiary/aromatic N) is 1. The van der Waals surface area contributed by atoms with Gasteiger partial charge in [0.1, 0.15) is 5.75 Å². The van der Waals surface area contributed by atoms with Gasteiger partial charge in [0.05, 0.1) is 13.7 Å². The summed E-state index contributed by atoms with van der Waals surface area (Å²) in [5.41, 5.74) is 1.10. The molecule has 1 N–H and O–H groups in total. The van der Waals surface area contributed by atoms with Crippen molar-refractivity contribution in [2.45, 2.75) is 12.7 Å². The molecule has 1 aromatic carbocycles. The van der Waals surface area contributed by atoms with Crippen LogP contribution in [-0.4, -0.2) is 44.9 Å². The third-order valence-electron chi connectivity index (χ3n) is 2.61. The van der Waals surface area contributed by atoms with Gasteiger partial charge in [-0.15, -0.1) is 0 Å². The van der Waals surface area contributed by atoms with Crippen molar-refractivity contribution in [1.29, 1.82) is 0 Å². The number of alkyl halides is 3. The Hall–Kier alpha value is -1.27. The molecule has 0 spiro atoms. The van der Waals surface area contributed by atoms with Crippen LogP contribution < -0.4 is 10.1 Å². The van der Waals surface area contributed by atoms with Crippen LogP contribution >= 0.6 is 0 Å². The lowest BCUT2D eigenvalue weighted by Gasteiger charge is -2.17. The molecule has 0 fully saturated rings. The molecule has 0 heterocycles. The van der Waals surface area contributed by atoms with E-state index in [1.807, 2.05) is 36.2 Å². The van der Waals surface area contributed by atoms with E-state index in [4.69, 9.17) is 4.74 Å². The van der Waals surface area contributed by atoms with E-state index in [9.17, 15) is 13.2 Å². The van der Waals surface area contributed by atoms with E-state index in [-0.39, 0.29) is 0 Å². The van der Waals surface area contributed by atoms with Crippen LogP contribution in [-0.2, 0) is 6.54 Å². The van der Waals surface area contributed by atoms with Gasteiger partial charge in [-0.1, -0.05) is 12.1 Å². The van der Waals surface area contributed by atoms with Gasteiger partial charge < -0.3 is 15.0 Å². The Kier molecular flexibility index (Phi) is 6.11. The molecule has 3 nitrogen and oxygen atoms in total. The van der Waals surface area contributed by atoms with E-state index in [2.05, 4.69) is 5.32 Å². The number of benzene rings is 1. The molecule has 0 bridgehead atoms. The molecule has 1 rings (SSSR count).